The van der Waals surface area contributed by atoms with E-state index in [1.54, 1.807) is 65.8 Å². The smallest absolute Gasteiger partial charge is 0.265 e. The highest BCUT2D eigenvalue weighted by Gasteiger charge is 2.22. The second-order valence-corrected chi connectivity index (χ2v) is 8.34. The summed E-state index contributed by atoms with van der Waals surface area (Å²) in [6.07, 6.45) is 3.35. The standard InChI is InChI=1S/C23H18ClFN4O2S/c1-29-10-9-26-21(29)20(14-4-2-5-16(25)12-14)28-22(30)15-7-8-17(24)18(13-15)27-23(31)19-6-3-11-32-19/h2-13,20H,1H3,(H,27,31)(H,28,30). The first-order chi connectivity index (χ1) is 15.4. The molecule has 2 amide bonds. The van der Waals surface area contributed by atoms with Crippen LogP contribution in [0.3, 0.4) is 0 Å². The largest absolute Gasteiger partial charge is 0.338 e. The van der Waals surface area contributed by atoms with Gasteiger partial charge in [-0.25, -0.2) is 9.37 Å². The molecule has 6 nitrogen and oxygen atoms in total. The van der Waals surface area contributed by atoms with Gasteiger partial charge in [-0.05, 0) is 47.3 Å². The van der Waals surface area contributed by atoms with Crippen molar-refractivity contribution < 1.29 is 14.0 Å². The molecule has 4 rings (SSSR count). The zero-order valence-corrected chi connectivity index (χ0v) is 18.5. The number of nitrogens with one attached hydrogen (secondary N) is 2. The van der Waals surface area contributed by atoms with Gasteiger partial charge < -0.3 is 15.2 Å². The van der Waals surface area contributed by atoms with E-state index < -0.39 is 17.8 Å². The highest BCUT2D eigenvalue weighted by atomic mass is 35.5. The van der Waals surface area contributed by atoms with Crippen LogP contribution in [0.1, 0.15) is 37.5 Å². The Morgan fingerprint density at radius 1 is 1.12 bits per heavy atom. The molecule has 0 saturated heterocycles. The Morgan fingerprint density at radius 2 is 1.97 bits per heavy atom. The van der Waals surface area contributed by atoms with E-state index in [9.17, 15) is 14.0 Å². The molecule has 1 unspecified atom stereocenters. The van der Waals surface area contributed by atoms with Crippen LogP contribution in [0.4, 0.5) is 10.1 Å². The average Bonchev–Trinajstić information content (AvgIpc) is 3.45. The normalized spacial score (nSPS) is 11.7. The summed E-state index contributed by atoms with van der Waals surface area (Å²) in [5.74, 6) is -0.610. The highest BCUT2D eigenvalue weighted by molar-refractivity contribution is 7.12. The van der Waals surface area contributed by atoms with Crippen molar-refractivity contribution in [3.8, 4) is 0 Å². The number of rotatable bonds is 6. The number of carbonyl (C=O) groups excluding carboxylic acids is 2. The molecule has 9 heteroatoms. The predicted molar refractivity (Wildman–Crippen MR) is 123 cm³/mol. The van der Waals surface area contributed by atoms with Gasteiger partial charge in [-0.1, -0.05) is 29.8 Å². The zero-order chi connectivity index (χ0) is 22.7. The summed E-state index contributed by atoms with van der Waals surface area (Å²) >= 11 is 7.53. The fourth-order valence-corrected chi connectivity index (χ4v) is 3.99. The van der Waals surface area contributed by atoms with Crippen molar-refractivity contribution >= 4 is 40.4 Å². The Bertz CT molecular complexity index is 1270. The number of carbonyl (C=O) groups is 2. The first-order valence-electron chi connectivity index (χ1n) is 9.60. The van der Waals surface area contributed by atoms with Crippen LogP contribution in [0.5, 0.6) is 0 Å². The molecule has 0 bridgehead atoms. The lowest BCUT2D eigenvalue weighted by atomic mass is 10.0. The molecule has 1 atom stereocenters. The fourth-order valence-electron chi connectivity index (χ4n) is 3.21. The summed E-state index contributed by atoms with van der Waals surface area (Å²) in [7, 11) is 1.79. The summed E-state index contributed by atoms with van der Waals surface area (Å²) in [4.78, 5) is 30.3. The van der Waals surface area contributed by atoms with Crippen LogP contribution < -0.4 is 10.6 Å². The van der Waals surface area contributed by atoms with Gasteiger partial charge in [0.25, 0.3) is 11.8 Å². The minimum absolute atomic E-state index is 0.284. The van der Waals surface area contributed by atoms with Crippen molar-refractivity contribution in [2.75, 3.05) is 5.32 Å². The van der Waals surface area contributed by atoms with E-state index in [1.807, 2.05) is 0 Å². The number of imidazole rings is 1. The van der Waals surface area contributed by atoms with Crippen molar-refractivity contribution in [1.29, 1.82) is 0 Å². The summed E-state index contributed by atoms with van der Waals surface area (Å²) in [6.45, 7) is 0. The van der Waals surface area contributed by atoms with Gasteiger partial charge in [-0.15, -0.1) is 11.3 Å². The van der Waals surface area contributed by atoms with Crippen molar-refractivity contribution in [2.45, 2.75) is 6.04 Å². The van der Waals surface area contributed by atoms with Crippen molar-refractivity contribution in [1.82, 2.24) is 14.9 Å². The molecule has 2 aromatic heterocycles. The molecule has 0 aliphatic carbocycles. The maximum absolute atomic E-state index is 13.9. The van der Waals surface area contributed by atoms with Crippen LogP contribution in [0, 0.1) is 5.82 Å². The van der Waals surface area contributed by atoms with Crippen LogP contribution in [-0.4, -0.2) is 21.4 Å². The monoisotopic (exact) mass is 468 g/mol. The third-order valence-corrected chi connectivity index (χ3v) is 5.99. The van der Waals surface area contributed by atoms with Gasteiger partial charge >= 0.3 is 0 Å². The zero-order valence-electron chi connectivity index (χ0n) is 16.9. The Balaban J connectivity index is 1.61. The minimum atomic E-state index is -0.682. The van der Waals surface area contributed by atoms with Crippen LogP contribution in [0.15, 0.2) is 72.4 Å². The van der Waals surface area contributed by atoms with Gasteiger partial charge in [-0.2, -0.15) is 0 Å². The fraction of sp³-hybridized carbons (Fsp3) is 0.0870. The Kier molecular flexibility index (Phi) is 6.34. The molecule has 2 heterocycles. The lowest BCUT2D eigenvalue weighted by molar-refractivity contribution is 0.0940. The van der Waals surface area contributed by atoms with Gasteiger partial charge in [-0.3, -0.25) is 9.59 Å². The number of nitrogens with zero attached hydrogens (tertiary/aromatic N) is 2. The summed E-state index contributed by atoms with van der Waals surface area (Å²) in [5, 5.41) is 7.73. The van der Waals surface area contributed by atoms with E-state index in [2.05, 4.69) is 15.6 Å². The molecule has 162 valence electrons. The third-order valence-electron chi connectivity index (χ3n) is 4.80. The molecule has 0 radical (unpaired) electrons. The lowest BCUT2D eigenvalue weighted by Gasteiger charge is -2.19. The molecule has 0 aliphatic heterocycles. The molecule has 0 fully saturated rings. The first-order valence-corrected chi connectivity index (χ1v) is 10.9. The Morgan fingerprint density at radius 3 is 2.66 bits per heavy atom. The maximum atomic E-state index is 13.9. The number of hydrogen-bond acceptors (Lipinski definition) is 4. The Hall–Kier alpha value is -3.49. The quantitative estimate of drug-likeness (QED) is 0.416. The molecule has 4 aromatic rings. The van der Waals surface area contributed by atoms with Crippen LogP contribution in [0.2, 0.25) is 5.02 Å². The van der Waals surface area contributed by atoms with Crippen LogP contribution in [-0.2, 0) is 7.05 Å². The average molecular weight is 469 g/mol. The number of halogens is 2. The molecule has 2 aromatic carbocycles. The number of thiophene rings is 1. The third kappa shape index (κ3) is 4.71. The van der Waals surface area contributed by atoms with Gasteiger partial charge in [0.05, 0.1) is 15.6 Å². The highest BCUT2D eigenvalue weighted by Crippen LogP contribution is 2.26. The van der Waals surface area contributed by atoms with Crippen molar-refractivity contribution in [2.24, 2.45) is 7.05 Å². The number of hydrogen-bond donors (Lipinski definition) is 2. The summed E-state index contributed by atoms with van der Waals surface area (Å²) in [6, 6.07) is 13.4. The van der Waals surface area contributed by atoms with E-state index >= 15 is 0 Å². The van der Waals surface area contributed by atoms with E-state index in [4.69, 9.17) is 11.6 Å². The second-order valence-electron chi connectivity index (χ2n) is 6.98. The van der Waals surface area contributed by atoms with Gasteiger partial charge in [0.15, 0.2) is 0 Å². The first kappa shape index (κ1) is 21.7. The lowest BCUT2D eigenvalue weighted by Crippen LogP contribution is -2.31. The Labute approximate surface area is 192 Å². The number of aryl methyl sites for hydroxylation is 1. The van der Waals surface area contributed by atoms with E-state index in [-0.39, 0.29) is 11.5 Å². The maximum Gasteiger partial charge on any atom is 0.265 e. The topological polar surface area (TPSA) is 76.0 Å². The molecular formula is C23H18ClFN4O2S. The number of aromatic nitrogens is 2. The van der Waals surface area contributed by atoms with Crippen LogP contribution in [0.25, 0.3) is 0 Å². The van der Waals surface area contributed by atoms with Gasteiger partial charge in [0.2, 0.25) is 0 Å². The van der Waals surface area contributed by atoms with E-state index in [0.717, 1.165) is 0 Å². The SMILES string of the molecule is Cn1ccnc1C(NC(=O)c1ccc(Cl)c(NC(=O)c2cccs2)c1)c1cccc(F)c1. The molecule has 2 N–H and O–H groups in total. The minimum Gasteiger partial charge on any atom is -0.338 e. The molecular weight excluding hydrogens is 451 g/mol. The molecule has 0 aliphatic rings. The molecule has 0 saturated carbocycles. The summed E-state index contributed by atoms with van der Waals surface area (Å²) < 4.78 is 15.6. The van der Waals surface area contributed by atoms with Gasteiger partial charge in [0, 0.05) is 25.0 Å². The van der Waals surface area contributed by atoms with Crippen molar-refractivity contribution in [3.63, 3.8) is 0 Å². The second kappa shape index (κ2) is 9.33. The summed E-state index contributed by atoms with van der Waals surface area (Å²) in [5.41, 5.74) is 1.15. The number of amides is 2. The van der Waals surface area contributed by atoms with Gasteiger partial charge in [0.1, 0.15) is 17.7 Å². The number of benzene rings is 2. The van der Waals surface area contributed by atoms with E-state index in [0.29, 0.717) is 27.0 Å². The molecule has 0 spiro atoms. The van der Waals surface area contributed by atoms with Crippen LogP contribution >= 0.6 is 22.9 Å². The number of anilines is 1. The van der Waals surface area contributed by atoms with Crippen molar-refractivity contribution in [3.05, 3.63) is 105 Å². The van der Waals surface area contributed by atoms with E-state index in [1.165, 1.54) is 29.5 Å². The predicted octanol–water partition coefficient (Wildman–Crippen LogP) is 5.05. The molecule has 32 heavy (non-hydrogen) atoms.